The fourth-order valence-corrected chi connectivity index (χ4v) is 3.13. The molecular weight excluding hydrogens is 288 g/mol. The van der Waals surface area contributed by atoms with Gasteiger partial charge in [-0.2, -0.15) is 0 Å². The smallest absolute Gasteiger partial charge is 0.243 e. The average Bonchev–Trinajstić information content (AvgIpc) is 2.36. The van der Waals surface area contributed by atoms with E-state index >= 15 is 0 Å². The number of hydrogen-bond acceptors (Lipinski definition) is 3. The quantitative estimate of drug-likeness (QED) is 0.872. The maximum absolute atomic E-state index is 12.2. The van der Waals surface area contributed by atoms with Crippen LogP contribution in [0.25, 0.3) is 0 Å². The zero-order chi connectivity index (χ0) is 16.2. The Bertz CT molecular complexity index is 579. The molecule has 118 valence electrons. The summed E-state index contributed by atoms with van der Waals surface area (Å²) >= 11 is 0. The molecule has 1 rings (SSSR count). The van der Waals surface area contributed by atoms with Crippen LogP contribution in [0.3, 0.4) is 0 Å². The topological polar surface area (TPSA) is 66.5 Å². The molecule has 5 nitrogen and oxygen atoms in total. The molecule has 21 heavy (non-hydrogen) atoms. The van der Waals surface area contributed by atoms with E-state index < -0.39 is 16.1 Å². The Labute approximate surface area is 127 Å². The molecule has 0 fully saturated rings. The molecule has 0 radical (unpaired) electrons. The number of benzene rings is 1. The van der Waals surface area contributed by atoms with E-state index in [-0.39, 0.29) is 5.91 Å². The highest BCUT2D eigenvalue weighted by Crippen LogP contribution is 2.21. The van der Waals surface area contributed by atoms with Gasteiger partial charge in [-0.25, -0.2) is 8.42 Å². The molecule has 0 aliphatic carbocycles. The number of amides is 1. The van der Waals surface area contributed by atoms with Crippen LogP contribution < -0.4 is 9.62 Å². The van der Waals surface area contributed by atoms with Gasteiger partial charge in [0.25, 0.3) is 0 Å². The van der Waals surface area contributed by atoms with Crippen LogP contribution in [0.2, 0.25) is 0 Å². The number of nitrogens with one attached hydrogen (secondary N) is 1. The van der Waals surface area contributed by atoms with E-state index in [4.69, 9.17) is 0 Å². The maximum atomic E-state index is 12.2. The van der Waals surface area contributed by atoms with E-state index in [1.54, 1.807) is 19.1 Å². The molecule has 0 spiro atoms. The molecule has 0 aromatic heterocycles. The minimum atomic E-state index is -3.54. The van der Waals surface area contributed by atoms with E-state index in [0.29, 0.717) is 18.2 Å². The molecule has 0 aliphatic heterocycles. The summed E-state index contributed by atoms with van der Waals surface area (Å²) in [6.07, 6.45) is 1.11. The van der Waals surface area contributed by atoms with Gasteiger partial charge in [0, 0.05) is 6.54 Å². The number of nitrogens with zero attached hydrogens (tertiary/aromatic N) is 1. The second-order valence-corrected chi connectivity index (χ2v) is 7.57. The summed E-state index contributed by atoms with van der Waals surface area (Å²) in [5, 5.41) is 2.77. The van der Waals surface area contributed by atoms with Gasteiger partial charge in [-0.3, -0.25) is 9.10 Å². The normalized spacial score (nSPS) is 13.0. The molecule has 1 amide bonds. The summed E-state index contributed by atoms with van der Waals surface area (Å²) in [7, 11) is -3.54. The Morgan fingerprint density at radius 2 is 1.71 bits per heavy atom. The van der Waals surface area contributed by atoms with Crippen LogP contribution in [0.15, 0.2) is 24.3 Å². The first-order chi connectivity index (χ1) is 9.62. The third-order valence-electron chi connectivity index (χ3n) is 3.06. The lowest BCUT2D eigenvalue weighted by molar-refractivity contribution is -0.121. The lowest BCUT2D eigenvalue weighted by Gasteiger charge is -2.28. The Morgan fingerprint density at radius 3 is 2.14 bits per heavy atom. The minimum Gasteiger partial charge on any atom is -0.354 e. The molecule has 1 aromatic rings. The van der Waals surface area contributed by atoms with Crippen molar-refractivity contribution in [2.75, 3.05) is 17.1 Å². The van der Waals surface area contributed by atoms with Crippen molar-refractivity contribution in [3.8, 4) is 0 Å². The highest BCUT2D eigenvalue weighted by Gasteiger charge is 2.28. The highest BCUT2D eigenvalue weighted by atomic mass is 32.2. The van der Waals surface area contributed by atoms with E-state index in [1.807, 2.05) is 32.9 Å². The summed E-state index contributed by atoms with van der Waals surface area (Å²) in [5.41, 5.74) is 1.53. The molecular formula is C15H24N2O3S. The highest BCUT2D eigenvalue weighted by molar-refractivity contribution is 7.92. The fourth-order valence-electron chi connectivity index (χ4n) is 1.95. The molecule has 0 heterocycles. The van der Waals surface area contributed by atoms with Crippen LogP contribution in [-0.4, -0.2) is 33.2 Å². The Morgan fingerprint density at radius 1 is 1.19 bits per heavy atom. The van der Waals surface area contributed by atoms with Crippen molar-refractivity contribution in [3.63, 3.8) is 0 Å². The number of carbonyl (C=O) groups excluding carboxylic acids is 1. The predicted octanol–water partition coefficient (Wildman–Crippen LogP) is 1.92. The first kappa shape index (κ1) is 17.5. The fraction of sp³-hybridized carbons (Fsp3) is 0.533. The molecule has 0 bridgehead atoms. The second kappa shape index (κ2) is 6.93. The molecule has 1 aromatic carbocycles. The Hall–Kier alpha value is -1.56. The SMILES string of the molecule is Cc1ccc(N([C@H](C)C(=O)NCC(C)C)S(C)(=O)=O)cc1. The zero-order valence-electron chi connectivity index (χ0n) is 13.3. The third kappa shape index (κ3) is 5.04. The van der Waals surface area contributed by atoms with Crippen molar-refractivity contribution < 1.29 is 13.2 Å². The van der Waals surface area contributed by atoms with E-state index in [1.165, 1.54) is 0 Å². The molecule has 1 N–H and O–H groups in total. The van der Waals surface area contributed by atoms with Crippen LogP contribution in [0.4, 0.5) is 5.69 Å². The van der Waals surface area contributed by atoms with Gasteiger partial charge < -0.3 is 5.32 Å². The van der Waals surface area contributed by atoms with Crippen molar-refractivity contribution in [3.05, 3.63) is 29.8 Å². The van der Waals surface area contributed by atoms with Crippen LogP contribution in [0.5, 0.6) is 0 Å². The van der Waals surface area contributed by atoms with Crippen molar-refractivity contribution in [2.45, 2.75) is 33.7 Å². The van der Waals surface area contributed by atoms with Gasteiger partial charge >= 0.3 is 0 Å². The lowest BCUT2D eigenvalue weighted by atomic mass is 10.2. The van der Waals surface area contributed by atoms with Gasteiger partial charge in [0.2, 0.25) is 15.9 Å². The van der Waals surface area contributed by atoms with Crippen LogP contribution in [0, 0.1) is 12.8 Å². The van der Waals surface area contributed by atoms with Gasteiger partial charge in [-0.05, 0) is 31.9 Å². The monoisotopic (exact) mass is 312 g/mol. The second-order valence-electron chi connectivity index (χ2n) is 5.71. The summed E-state index contributed by atoms with van der Waals surface area (Å²) in [6, 6.07) is 6.28. The summed E-state index contributed by atoms with van der Waals surface area (Å²) in [6.45, 7) is 8.01. The number of hydrogen-bond donors (Lipinski definition) is 1. The standard InChI is InChI=1S/C15H24N2O3S/c1-11(2)10-16-15(18)13(4)17(21(5,19)20)14-8-6-12(3)7-9-14/h6-9,11,13H,10H2,1-5H3,(H,16,18)/t13-/m1/s1. The van der Waals surface area contributed by atoms with Crippen molar-refractivity contribution in [1.29, 1.82) is 0 Å². The predicted molar refractivity (Wildman–Crippen MR) is 85.8 cm³/mol. The third-order valence-corrected chi connectivity index (χ3v) is 4.30. The molecule has 0 saturated carbocycles. The van der Waals surface area contributed by atoms with Gasteiger partial charge in [0.1, 0.15) is 6.04 Å². The van der Waals surface area contributed by atoms with E-state index in [0.717, 1.165) is 16.1 Å². The van der Waals surface area contributed by atoms with Crippen LogP contribution >= 0.6 is 0 Å². The molecule has 0 unspecified atom stereocenters. The Balaban J connectivity index is 3.03. The van der Waals surface area contributed by atoms with E-state index in [9.17, 15) is 13.2 Å². The Kier molecular flexibility index (Phi) is 5.78. The molecule has 0 aliphatic rings. The molecule has 6 heteroatoms. The largest absolute Gasteiger partial charge is 0.354 e. The van der Waals surface area contributed by atoms with Crippen LogP contribution in [0.1, 0.15) is 26.3 Å². The maximum Gasteiger partial charge on any atom is 0.243 e. The number of rotatable bonds is 6. The number of aryl methyl sites for hydroxylation is 1. The van der Waals surface area contributed by atoms with E-state index in [2.05, 4.69) is 5.32 Å². The van der Waals surface area contributed by atoms with Gasteiger partial charge in [-0.1, -0.05) is 31.5 Å². The van der Waals surface area contributed by atoms with Crippen molar-refractivity contribution >= 4 is 21.6 Å². The number of carbonyl (C=O) groups is 1. The molecule has 0 saturated heterocycles. The number of sulfonamides is 1. The van der Waals surface area contributed by atoms with Crippen LogP contribution in [-0.2, 0) is 14.8 Å². The molecule has 1 atom stereocenters. The van der Waals surface area contributed by atoms with Crippen molar-refractivity contribution in [2.24, 2.45) is 5.92 Å². The van der Waals surface area contributed by atoms with Crippen molar-refractivity contribution in [1.82, 2.24) is 5.32 Å². The summed E-state index contributed by atoms with van der Waals surface area (Å²) in [4.78, 5) is 12.2. The van der Waals surface area contributed by atoms with Gasteiger partial charge in [-0.15, -0.1) is 0 Å². The minimum absolute atomic E-state index is 0.297. The van der Waals surface area contributed by atoms with Gasteiger partial charge in [0.05, 0.1) is 11.9 Å². The first-order valence-corrected chi connectivity index (χ1v) is 8.81. The summed E-state index contributed by atoms with van der Waals surface area (Å²) < 4.78 is 25.2. The lowest BCUT2D eigenvalue weighted by Crippen LogP contribution is -2.48. The zero-order valence-corrected chi connectivity index (χ0v) is 14.1. The summed E-state index contributed by atoms with van der Waals surface area (Å²) in [5.74, 6) is 0.0157. The average molecular weight is 312 g/mol. The first-order valence-electron chi connectivity index (χ1n) is 6.96. The number of anilines is 1. The van der Waals surface area contributed by atoms with Gasteiger partial charge in [0.15, 0.2) is 0 Å².